The number of carbonyl (C=O) groups excluding carboxylic acids is 2. The number of nitrogens with zero attached hydrogens (tertiary/aromatic N) is 2. The summed E-state index contributed by atoms with van der Waals surface area (Å²) in [4.78, 5) is 26.0. The van der Waals surface area contributed by atoms with Crippen molar-refractivity contribution in [3.8, 4) is 0 Å². The van der Waals surface area contributed by atoms with Crippen molar-refractivity contribution in [1.29, 1.82) is 0 Å². The topological polar surface area (TPSA) is 93.2 Å². The van der Waals surface area contributed by atoms with Crippen LogP contribution >= 0.6 is 0 Å². The van der Waals surface area contributed by atoms with Crippen LogP contribution in [-0.4, -0.2) is 74.5 Å². The Morgan fingerprint density at radius 1 is 1.14 bits per heavy atom. The maximum Gasteiger partial charge on any atom is 0.338 e. The number of sulfonamides is 1. The molecular formula is C19H26N2O6S. The van der Waals surface area contributed by atoms with E-state index in [1.807, 2.05) is 13.8 Å². The lowest BCUT2D eigenvalue weighted by atomic mass is 10.2. The van der Waals surface area contributed by atoms with Crippen LogP contribution in [0, 0.1) is 0 Å². The van der Waals surface area contributed by atoms with Crippen LogP contribution in [-0.2, 0) is 24.3 Å². The first-order valence-electron chi connectivity index (χ1n) is 9.48. The molecule has 1 aromatic carbocycles. The van der Waals surface area contributed by atoms with Gasteiger partial charge in [0.05, 0.1) is 22.7 Å². The van der Waals surface area contributed by atoms with Crippen LogP contribution in [0.5, 0.6) is 0 Å². The van der Waals surface area contributed by atoms with Gasteiger partial charge < -0.3 is 14.4 Å². The van der Waals surface area contributed by atoms with E-state index in [1.165, 1.54) is 28.6 Å². The van der Waals surface area contributed by atoms with Crippen LogP contribution in [0.2, 0.25) is 0 Å². The van der Waals surface area contributed by atoms with E-state index in [0.717, 1.165) is 12.8 Å². The Kier molecular flexibility index (Phi) is 6.36. The normalized spacial score (nSPS) is 23.6. The molecule has 154 valence electrons. The van der Waals surface area contributed by atoms with E-state index < -0.39 is 16.0 Å². The molecule has 0 N–H and O–H groups in total. The number of benzene rings is 1. The van der Waals surface area contributed by atoms with Gasteiger partial charge in [0, 0.05) is 26.2 Å². The van der Waals surface area contributed by atoms with Crippen molar-refractivity contribution in [2.24, 2.45) is 0 Å². The highest BCUT2D eigenvalue weighted by Crippen LogP contribution is 2.22. The van der Waals surface area contributed by atoms with Crippen LogP contribution < -0.4 is 0 Å². The molecule has 2 aliphatic rings. The van der Waals surface area contributed by atoms with Crippen molar-refractivity contribution in [1.82, 2.24) is 9.21 Å². The molecule has 0 bridgehead atoms. The van der Waals surface area contributed by atoms with Gasteiger partial charge in [0.15, 0.2) is 6.61 Å². The molecule has 0 saturated carbocycles. The molecule has 3 rings (SSSR count). The first kappa shape index (κ1) is 20.8. The van der Waals surface area contributed by atoms with Gasteiger partial charge >= 0.3 is 5.97 Å². The number of amides is 1. The highest BCUT2D eigenvalue weighted by molar-refractivity contribution is 7.89. The summed E-state index contributed by atoms with van der Waals surface area (Å²) in [6.45, 7) is 5.18. The van der Waals surface area contributed by atoms with E-state index in [1.54, 1.807) is 4.90 Å². The maximum absolute atomic E-state index is 13.0. The molecule has 0 aromatic heterocycles. The van der Waals surface area contributed by atoms with Crippen molar-refractivity contribution < 1.29 is 27.5 Å². The summed E-state index contributed by atoms with van der Waals surface area (Å²) in [5.74, 6) is -0.945. The fraction of sp³-hybridized carbons (Fsp3) is 0.579. The largest absolute Gasteiger partial charge is 0.452 e. The molecule has 2 fully saturated rings. The fourth-order valence-corrected chi connectivity index (χ4v) is 5.16. The van der Waals surface area contributed by atoms with Crippen molar-refractivity contribution in [3.05, 3.63) is 29.8 Å². The highest BCUT2D eigenvalue weighted by atomic mass is 32.2. The number of rotatable bonds is 5. The lowest BCUT2D eigenvalue weighted by molar-refractivity contribution is -0.133. The number of ether oxygens (including phenoxy) is 2. The summed E-state index contributed by atoms with van der Waals surface area (Å²) >= 11 is 0. The second kappa shape index (κ2) is 8.59. The van der Waals surface area contributed by atoms with Gasteiger partial charge in [-0.05, 0) is 44.9 Å². The molecule has 28 heavy (non-hydrogen) atoms. The lowest BCUT2D eigenvalue weighted by Crippen LogP contribution is -2.48. The van der Waals surface area contributed by atoms with Gasteiger partial charge in [0.25, 0.3) is 5.91 Å². The average molecular weight is 410 g/mol. The minimum Gasteiger partial charge on any atom is -0.452 e. The van der Waals surface area contributed by atoms with Crippen LogP contribution in [0.1, 0.15) is 37.0 Å². The number of esters is 1. The minimum absolute atomic E-state index is 0.0223. The van der Waals surface area contributed by atoms with Crippen LogP contribution in [0.15, 0.2) is 29.2 Å². The zero-order chi connectivity index (χ0) is 20.3. The standard InChI is InChI=1S/C19H26N2O6S/c1-14-11-21(12-15(2)27-14)28(24,25)17-7-5-6-16(10-17)19(23)26-13-18(22)20-8-3-4-9-20/h5-7,10,14-15H,3-4,8-9,11-13H2,1-2H3/t14-,15-/m1/s1. The molecule has 9 heteroatoms. The Hall–Kier alpha value is -1.97. The average Bonchev–Trinajstić information content (AvgIpc) is 3.20. The summed E-state index contributed by atoms with van der Waals surface area (Å²) in [6, 6.07) is 5.72. The Morgan fingerprint density at radius 2 is 1.79 bits per heavy atom. The molecule has 2 saturated heterocycles. The number of hydrogen-bond acceptors (Lipinski definition) is 6. The molecule has 2 aliphatic heterocycles. The predicted molar refractivity (Wildman–Crippen MR) is 101 cm³/mol. The summed E-state index contributed by atoms with van der Waals surface area (Å²) in [5, 5.41) is 0. The third kappa shape index (κ3) is 4.71. The third-order valence-electron chi connectivity index (χ3n) is 4.88. The zero-order valence-corrected chi connectivity index (χ0v) is 17.0. The van der Waals surface area contributed by atoms with Gasteiger partial charge in [0.2, 0.25) is 10.0 Å². The van der Waals surface area contributed by atoms with Gasteiger partial charge in [-0.1, -0.05) is 6.07 Å². The third-order valence-corrected chi connectivity index (χ3v) is 6.71. The Morgan fingerprint density at radius 3 is 2.43 bits per heavy atom. The van der Waals surface area contributed by atoms with Crippen LogP contribution in [0.3, 0.4) is 0 Å². The maximum atomic E-state index is 13.0. The van der Waals surface area contributed by atoms with Gasteiger partial charge in [0.1, 0.15) is 0 Å². The quantitative estimate of drug-likeness (QED) is 0.679. The first-order valence-corrected chi connectivity index (χ1v) is 10.9. The van der Waals surface area contributed by atoms with Crippen molar-refractivity contribution in [3.63, 3.8) is 0 Å². The number of likely N-dealkylation sites (tertiary alicyclic amines) is 1. The van der Waals surface area contributed by atoms with E-state index >= 15 is 0 Å². The summed E-state index contributed by atoms with van der Waals surface area (Å²) < 4.78 is 38.0. The summed E-state index contributed by atoms with van der Waals surface area (Å²) in [7, 11) is -3.76. The van der Waals surface area contributed by atoms with E-state index in [9.17, 15) is 18.0 Å². The molecule has 1 aromatic rings. The SMILES string of the molecule is C[C@@H]1CN(S(=O)(=O)c2cccc(C(=O)OCC(=O)N3CCCC3)c2)C[C@@H](C)O1. The van der Waals surface area contributed by atoms with Gasteiger partial charge in [-0.2, -0.15) is 4.31 Å². The predicted octanol–water partition coefficient (Wildman–Crippen LogP) is 1.26. The molecule has 0 aliphatic carbocycles. The molecular weight excluding hydrogens is 384 g/mol. The number of hydrogen-bond donors (Lipinski definition) is 0. The summed E-state index contributed by atoms with van der Waals surface area (Å²) in [5.41, 5.74) is 0.102. The van der Waals surface area contributed by atoms with Crippen molar-refractivity contribution >= 4 is 21.9 Å². The lowest BCUT2D eigenvalue weighted by Gasteiger charge is -2.34. The Balaban J connectivity index is 1.68. The molecule has 2 heterocycles. The van der Waals surface area contributed by atoms with Crippen LogP contribution in [0.4, 0.5) is 0 Å². The monoisotopic (exact) mass is 410 g/mol. The molecule has 0 unspecified atom stereocenters. The first-order chi connectivity index (χ1) is 13.3. The number of morpholine rings is 1. The van der Waals surface area contributed by atoms with Crippen molar-refractivity contribution in [2.45, 2.75) is 43.8 Å². The second-order valence-corrected chi connectivity index (χ2v) is 9.21. The van der Waals surface area contributed by atoms with Gasteiger partial charge in [-0.3, -0.25) is 4.79 Å². The molecule has 1 amide bonds. The van der Waals surface area contributed by atoms with E-state index in [4.69, 9.17) is 9.47 Å². The van der Waals surface area contributed by atoms with Crippen molar-refractivity contribution in [2.75, 3.05) is 32.8 Å². The molecule has 8 nitrogen and oxygen atoms in total. The Labute approximate surface area is 165 Å². The van der Waals surface area contributed by atoms with E-state index in [2.05, 4.69) is 0 Å². The molecule has 0 spiro atoms. The second-order valence-electron chi connectivity index (χ2n) is 7.27. The molecule has 0 radical (unpaired) electrons. The summed E-state index contributed by atoms with van der Waals surface area (Å²) in [6.07, 6.45) is 1.50. The highest BCUT2D eigenvalue weighted by Gasteiger charge is 2.32. The smallest absolute Gasteiger partial charge is 0.338 e. The minimum atomic E-state index is -3.76. The van der Waals surface area contributed by atoms with Crippen LogP contribution in [0.25, 0.3) is 0 Å². The van der Waals surface area contributed by atoms with Gasteiger partial charge in [-0.25, -0.2) is 13.2 Å². The number of carbonyl (C=O) groups is 2. The van der Waals surface area contributed by atoms with Gasteiger partial charge in [-0.15, -0.1) is 0 Å². The Bertz CT molecular complexity index is 825. The zero-order valence-electron chi connectivity index (χ0n) is 16.2. The fourth-order valence-electron chi connectivity index (χ4n) is 3.53. The van der Waals surface area contributed by atoms with E-state index in [0.29, 0.717) is 13.1 Å². The molecule has 2 atom stereocenters. The van der Waals surface area contributed by atoms with E-state index in [-0.39, 0.29) is 48.3 Å².